The number of nitrogens with one attached hydrogen (secondary N) is 1. The van der Waals surface area contributed by atoms with Gasteiger partial charge in [0.2, 0.25) is 0 Å². The average Bonchev–Trinajstić information content (AvgIpc) is 2.61. The summed E-state index contributed by atoms with van der Waals surface area (Å²) in [6, 6.07) is 0.670. The van der Waals surface area contributed by atoms with E-state index in [1.165, 1.54) is 19.3 Å². The smallest absolute Gasteiger partial charge is 0.0329 e. The van der Waals surface area contributed by atoms with Crippen LogP contribution in [0.15, 0.2) is 0 Å². The zero-order valence-electron chi connectivity index (χ0n) is 12.6. The molecule has 2 saturated carbocycles. The highest BCUT2D eigenvalue weighted by molar-refractivity contribution is 7.84. The van der Waals surface area contributed by atoms with Crippen LogP contribution in [-0.4, -0.2) is 28.3 Å². The number of fused-ring (bicyclic) bond motifs is 2. The van der Waals surface area contributed by atoms with Crippen molar-refractivity contribution in [2.24, 2.45) is 16.7 Å². The molecule has 2 fully saturated rings. The van der Waals surface area contributed by atoms with Gasteiger partial charge in [-0.2, -0.15) is 0 Å². The molecule has 5 atom stereocenters. The number of hydrogen-bond acceptors (Lipinski definition) is 2. The normalized spacial score (nSPS) is 40.9. The summed E-state index contributed by atoms with van der Waals surface area (Å²) >= 11 is 0. The van der Waals surface area contributed by atoms with E-state index in [0.717, 1.165) is 18.9 Å². The number of rotatable bonds is 5. The van der Waals surface area contributed by atoms with Crippen molar-refractivity contribution in [3.05, 3.63) is 0 Å². The van der Waals surface area contributed by atoms with Crippen LogP contribution in [0.2, 0.25) is 0 Å². The van der Waals surface area contributed by atoms with Gasteiger partial charge in [-0.05, 0) is 49.0 Å². The van der Waals surface area contributed by atoms with E-state index in [0.29, 0.717) is 22.1 Å². The SMILES string of the molecule is CC(CCNC1CC2CCC1(C)C2(C)C)S(C)=O. The van der Waals surface area contributed by atoms with E-state index >= 15 is 0 Å². The molecule has 3 heteroatoms. The lowest BCUT2D eigenvalue weighted by atomic mass is 9.69. The maximum atomic E-state index is 11.3. The molecule has 5 unspecified atom stereocenters. The number of hydrogen-bond donors (Lipinski definition) is 1. The van der Waals surface area contributed by atoms with Gasteiger partial charge in [0, 0.05) is 28.3 Å². The molecule has 0 aromatic carbocycles. The summed E-state index contributed by atoms with van der Waals surface area (Å²) in [4.78, 5) is 0. The van der Waals surface area contributed by atoms with Crippen LogP contribution in [0.5, 0.6) is 0 Å². The fourth-order valence-electron chi connectivity index (χ4n) is 4.14. The molecule has 2 aliphatic carbocycles. The molecule has 2 aliphatic rings. The van der Waals surface area contributed by atoms with Gasteiger partial charge in [-0.15, -0.1) is 0 Å². The second-order valence-corrected chi connectivity index (χ2v) is 9.02. The van der Waals surface area contributed by atoms with Crippen LogP contribution in [0.3, 0.4) is 0 Å². The molecule has 106 valence electrons. The van der Waals surface area contributed by atoms with Crippen LogP contribution in [0.1, 0.15) is 53.4 Å². The van der Waals surface area contributed by atoms with E-state index in [1.54, 1.807) is 0 Å². The summed E-state index contributed by atoms with van der Waals surface area (Å²) in [5.41, 5.74) is 0.954. The summed E-state index contributed by atoms with van der Waals surface area (Å²) in [5.74, 6) is 0.901. The van der Waals surface area contributed by atoms with Gasteiger partial charge in [-0.3, -0.25) is 4.21 Å². The predicted molar refractivity (Wildman–Crippen MR) is 79.2 cm³/mol. The summed E-state index contributed by atoms with van der Waals surface area (Å²) in [6.07, 6.45) is 6.97. The molecule has 18 heavy (non-hydrogen) atoms. The van der Waals surface area contributed by atoms with Gasteiger partial charge in [-0.1, -0.05) is 27.7 Å². The first-order chi connectivity index (χ1) is 8.29. The third-order valence-corrected chi connectivity index (χ3v) is 7.67. The van der Waals surface area contributed by atoms with Crippen molar-refractivity contribution >= 4 is 10.8 Å². The van der Waals surface area contributed by atoms with Gasteiger partial charge in [0.15, 0.2) is 0 Å². The molecule has 0 saturated heterocycles. The van der Waals surface area contributed by atoms with Gasteiger partial charge in [0.05, 0.1) is 0 Å². The molecule has 0 aromatic rings. The van der Waals surface area contributed by atoms with Crippen LogP contribution in [0, 0.1) is 16.7 Å². The summed E-state index contributed by atoms with van der Waals surface area (Å²) in [7, 11) is -0.681. The molecule has 2 rings (SSSR count). The van der Waals surface area contributed by atoms with E-state index < -0.39 is 10.8 Å². The quantitative estimate of drug-likeness (QED) is 0.833. The van der Waals surface area contributed by atoms with Gasteiger partial charge < -0.3 is 5.32 Å². The fourth-order valence-corrected chi connectivity index (χ4v) is 4.59. The summed E-state index contributed by atoms with van der Waals surface area (Å²) < 4.78 is 11.3. The molecule has 0 aliphatic heterocycles. The molecule has 0 aromatic heterocycles. The molecule has 2 nitrogen and oxygen atoms in total. The maximum absolute atomic E-state index is 11.3. The predicted octanol–water partition coefficient (Wildman–Crippen LogP) is 2.95. The molecular weight excluding hydrogens is 242 g/mol. The van der Waals surface area contributed by atoms with Crippen LogP contribution in [-0.2, 0) is 10.8 Å². The highest BCUT2D eigenvalue weighted by Gasteiger charge is 2.60. The Balaban J connectivity index is 1.88. The third kappa shape index (κ3) is 2.18. The van der Waals surface area contributed by atoms with E-state index in [4.69, 9.17) is 0 Å². The van der Waals surface area contributed by atoms with E-state index in [9.17, 15) is 4.21 Å². The minimum atomic E-state index is -0.681. The molecule has 0 amide bonds. The van der Waals surface area contributed by atoms with Gasteiger partial charge in [0.1, 0.15) is 0 Å². The van der Waals surface area contributed by atoms with Crippen molar-refractivity contribution in [2.45, 2.75) is 64.7 Å². The van der Waals surface area contributed by atoms with Gasteiger partial charge >= 0.3 is 0 Å². The Morgan fingerprint density at radius 1 is 1.39 bits per heavy atom. The molecular formula is C15H29NOS. The monoisotopic (exact) mass is 271 g/mol. The van der Waals surface area contributed by atoms with Crippen LogP contribution >= 0.6 is 0 Å². The van der Waals surface area contributed by atoms with Crippen molar-refractivity contribution < 1.29 is 4.21 Å². The first kappa shape index (κ1) is 14.5. The van der Waals surface area contributed by atoms with Crippen molar-refractivity contribution in [2.75, 3.05) is 12.8 Å². The van der Waals surface area contributed by atoms with E-state index in [1.807, 2.05) is 6.26 Å². The maximum Gasteiger partial charge on any atom is 0.0329 e. The Kier molecular flexibility index (Phi) is 3.95. The second kappa shape index (κ2) is 4.90. The van der Waals surface area contributed by atoms with Crippen LogP contribution in [0.25, 0.3) is 0 Å². The molecule has 1 N–H and O–H groups in total. The lowest BCUT2D eigenvalue weighted by Crippen LogP contribution is -2.45. The molecule has 0 heterocycles. The lowest BCUT2D eigenvalue weighted by Gasteiger charge is -2.39. The van der Waals surface area contributed by atoms with Crippen LogP contribution < -0.4 is 5.32 Å². The Morgan fingerprint density at radius 2 is 2.06 bits per heavy atom. The summed E-state index contributed by atoms with van der Waals surface area (Å²) in [5, 5.41) is 4.08. The minimum absolute atomic E-state index is 0.317. The Labute approximate surface area is 115 Å². The molecule has 0 spiro atoms. The fraction of sp³-hybridized carbons (Fsp3) is 1.00. The van der Waals surface area contributed by atoms with Gasteiger partial charge in [0.25, 0.3) is 0 Å². The summed E-state index contributed by atoms with van der Waals surface area (Å²) in [6.45, 7) is 10.5. The average molecular weight is 271 g/mol. The molecule has 0 radical (unpaired) electrons. The van der Waals surface area contributed by atoms with Crippen molar-refractivity contribution in [3.63, 3.8) is 0 Å². The van der Waals surface area contributed by atoms with Crippen LogP contribution in [0.4, 0.5) is 0 Å². The largest absolute Gasteiger partial charge is 0.313 e. The Morgan fingerprint density at radius 3 is 2.50 bits per heavy atom. The first-order valence-corrected chi connectivity index (χ1v) is 8.97. The van der Waals surface area contributed by atoms with Crippen molar-refractivity contribution in [1.29, 1.82) is 0 Å². The standard InChI is InChI=1S/C15H29NOS/c1-11(18(5)17)7-9-16-13-10-12-6-8-15(13,4)14(12,2)3/h11-13,16H,6-10H2,1-5H3. The highest BCUT2D eigenvalue weighted by Crippen LogP contribution is 2.65. The van der Waals surface area contributed by atoms with Crippen molar-refractivity contribution in [1.82, 2.24) is 5.32 Å². The van der Waals surface area contributed by atoms with E-state index in [-0.39, 0.29) is 0 Å². The Hall–Kier alpha value is 0.110. The highest BCUT2D eigenvalue weighted by atomic mass is 32.2. The Bertz CT molecular complexity index is 341. The zero-order chi connectivity index (χ0) is 13.6. The first-order valence-electron chi connectivity index (χ1n) is 7.34. The van der Waals surface area contributed by atoms with Crippen molar-refractivity contribution in [3.8, 4) is 0 Å². The topological polar surface area (TPSA) is 29.1 Å². The molecule has 2 bridgehead atoms. The second-order valence-electron chi connectivity index (χ2n) is 7.22. The van der Waals surface area contributed by atoms with E-state index in [2.05, 4.69) is 33.0 Å². The lowest BCUT2D eigenvalue weighted by molar-refractivity contribution is 0.121. The van der Waals surface area contributed by atoms with Gasteiger partial charge in [-0.25, -0.2) is 0 Å². The zero-order valence-corrected chi connectivity index (χ0v) is 13.4. The minimum Gasteiger partial charge on any atom is -0.313 e. The third-order valence-electron chi connectivity index (χ3n) is 6.30.